The van der Waals surface area contributed by atoms with Crippen LogP contribution in [0, 0.1) is 0 Å². The number of ether oxygens (including phenoxy) is 4. The largest absolute Gasteiger partial charge is 0.497 e. The first kappa shape index (κ1) is 14.0. The Bertz CT molecular complexity index is 545. The van der Waals surface area contributed by atoms with Crippen LogP contribution in [0.2, 0.25) is 0 Å². The molecule has 21 heavy (non-hydrogen) atoms. The smallest absolute Gasteiger partial charge is 0.169 e. The van der Waals surface area contributed by atoms with Gasteiger partial charge in [-0.25, -0.2) is 0 Å². The Kier molecular flexibility index (Phi) is 3.85. The summed E-state index contributed by atoms with van der Waals surface area (Å²) in [5.41, 5.74) is 8.58. The van der Waals surface area contributed by atoms with E-state index in [1.54, 1.807) is 31.4 Å². The molecule has 2 aliphatic rings. The molecule has 2 heterocycles. The van der Waals surface area contributed by atoms with E-state index in [-0.39, 0.29) is 0 Å². The lowest BCUT2D eigenvalue weighted by Gasteiger charge is -2.36. The van der Waals surface area contributed by atoms with Crippen molar-refractivity contribution in [3.05, 3.63) is 34.7 Å². The van der Waals surface area contributed by atoms with Crippen molar-refractivity contribution in [2.45, 2.75) is 30.6 Å². The van der Waals surface area contributed by atoms with Gasteiger partial charge in [0, 0.05) is 4.91 Å². The number of methoxy groups -OCH3 is 1. The summed E-state index contributed by atoms with van der Waals surface area (Å²) < 4.78 is 21.8. The summed E-state index contributed by atoms with van der Waals surface area (Å²) in [7, 11) is 1.58. The van der Waals surface area contributed by atoms with Crippen LogP contribution in [0.1, 0.15) is 0 Å². The molecule has 8 heteroatoms. The fourth-order valence-electron chi connectivity index (χ4n) is 2.51. The Morgan fingerprint density at radius 3 is 2.71 bits per heavy atom. The molecule has 1 aromatic carbocycles. The molecule has 112 valence electrons. The number of hydrogen-bond acceptors (Lipinski definition) is 6. The van der Waals surface area contributed by atoms with Gasteiger partial charge >= 0.3 is 0 Å². The van der Waals surface area contributed by atoms with Crippen molar-refractivity contribution in [3.63, 3.8) is 0 Å². The fraction of sp³-hybridized carbons (Fsp3) is 0.538. The summed E-state index contributed by atoms with van der Waals surface area (Å²) in [6, 6.07) is 6.15. The molecule has 0 amide bonds. The van der Waals surface area contributed by atoms with Crippen molar-refractivity contribution in [1.29, 1.82) is 0 Å². The maximum Gasteiger partial charge on any atom is 0.169 e. The number of benzene rings is 1. The average molecular weight is 293 g/mol. The maximum absolute atomic E-state index is 10.3. The Balaban J connectivity index is 1.77. The Morgan fingerprint density at radius 2 is 2.05 bits per heavy atom. The highest BCUT2D eigenvalue weighted by atomic mass is 16.7. The molecule has 5 atom stereocenters. The number of aliphatic hydroxyl groups is 1. The van der Waals surface area contributed by atoms with Crippen molar-refractivity contribution in [1.82, 2.24) is 0 Å². The molecule has 2 bridgehead atoms. The molecule has 8 nitrogen and oxygen atoms in total. The first-order chi connectivity index (χ1) is 10.2. The zero-order valence-electron chi connectivity index (χ0n) is 11.3. The second-order valence-corrected chi connectivity index (χ2v) is 4.82. The van der Waals surface area contributed by atoms with E-state index in [9.17, 15) is 5.11 Å². The highest BCUT2D eigenvalue weighted by molar-refractivity contribution is 5.31. The third-order valence-electron chi connectivity index (χ3n) is 3.58. The summed E-state index contributed by atoms with van der Waals surface area (Å²) in [5.74, 6) is 1.27. The first-order valence-electron chi connectivity index (χ1n) is 6.53. The van der Waals surface area contributed by atoms with Crippen LogP contribution in [0.5, 0.6) is 11.5 Å². The monoisotopic (exact) mass is 293 g/mol. The quantitative estimate of drug-likeness (QED) is 0.510. The third-order valence-corrected chi connectivity index (χ3v) is 3.58. The van der Waals surface area contributed by atoms with E-state index in [1.165, 1.54) is 0 Å². The minimum Gasteiger partial charge on any atom is -0.497 e. The lowest BCUT2D eigenvalue weighted by Crippen LogP contribution is -2.55. The highest BCUT2D eigenvalue weighted by Crippen LogP contribution is 2.33. The number of nitrogens with zero attached hydrogens (tertiary/aromatic N) is 3. The van der Waals surface area contributed by atoms with E-state index in [1.807, 2.05) is 0 Å². The summed E-state index contributed by atoms with van der Waals surface area (Å²) >= 11 is 0. The van der Waals surface area contributed by atoms with Crippen molar-refractivity contribution in [2.75, 3.05) is 13.7 Å². The van der Waals surface area contributed by atoms with Crippen LogP contribution < -0.4 is 9.47 Å². The molecule has 3 rings (SSSR count). The molecular formula is C13H15N3O5. The Hall–Kier alpha value is -1.99. The van der Waals surface area contributed by atoms with E-state index < -0.39 is 30.6 Å². The van der Waals surface area contributed by atoms with Gasteiger partial charge in [0.1, 0.15) is 29.7 Å². The number of aliphatic hydroxyl groups excluding tert-OH is 1. The predicted octanol–water partition coefficient (Wildman–Crippen LogP) is 1.24. The molecule has 1 N–H and O–H groups in total. The molecule has 2 saturated heterocycles. The van der Waals surface area contributed by atoms with Crippen LogP contribution in [0.15, 0.2) is 29.4 Å². The summed E-state index contributed by atoms with van der Waals surface area (Å²) in [6.45, 7) is 0.292. The van der Waals surface area contributed by atoms with Crippen molar-refractivity contribution in [3.8, 4) is 11.5 Å². The second kappa shape index (κ2) is 5.79. The zero-order valence-corrected chi connectivity index (χ0v) is 11.3. The first-order valence-corrected chi connectivity index (χ1v) is 6.53. The number of fused-ring (bicyclic) bond motifs is 2. The van der Waals surface area contributed by atoms with Crippen LogP contribution in [0.4, 0.5) is 0 Å². The number of rotatable bonds is 4. The lowest BCUT2D eigenvalue weighted by atomic mass is 9.99. The van der Waals surface area contributed by atoms with Gasteiger partial charge in [0.15, 0.2) is 12.4 Å². The van der Waals surface area contributed by atoms with Crippen molar-refractivity contribution in [2.24, 2.45) is 5.11 Å². The zero-order chi connectivity index (χ0) is 14.8. The van der Waals surface area contributed by atoms with Crippen LogP contribution >= 0.6 is 0 Å². The fourth-order valence-corrected chi connectivity index (χ4v) is 2.51. The van der Waals surface area contributed by atoms with Crippen LogP contribution in [-0.4, -0.2) is 49.5 Å². The average Bonchev–Trinajstić information content (AvgIpc) is 2.95. The van der Waals surface area contributed by atoms with Gasteiger partial charge in [-0.2, -0.15) is 0 Å². The molecule has 0 radical (unpaired) electrons. The molecule has 0 unspecified atom stereocenters. The number of azide groups is 1. The van der Waals surface area contributed by atoms with Gasteiger partial charge in [-0.1, -0.05) is 5.11 Å². The van der Waals surface area contributed by atoms with Gasteiger partial charge in [0.2, 0.25) is 0 Å². The van der Waals surface area contributed by atoms with E-state index >= 15 is 0 Å². The normalized spacial score (nSPS) is 34.1. The van der Waals surface area contributed by atoms with Crippen molar-refractivity contribution < 1.29 is 24.1 Å². The van der Waals surface area contributed by atoms with Crippen LogP contribution in [0.25, 0.3) is 10.4 Å². The van der Waals surface area contributed by atoms with Gasteiger partial charge in [0.25, 0.3) is 0 Å². The van der Waals surface area contributed by atoms with Gasteiger partial charge in [-0.05, 0) is 29.8 Å². The molecular weight excluding hydrogens is 278 g/mol. The minimum absolute atomic E-state index is 0.292. The molecule has 0 aromatic heterocycles. The van der Waals surface area contributed by atoms with E-state index in [4.69, 9.17) is 24.5 Å². The summed E-state index contributed by atoms with van der Waals surface area (Å²) in [5, 5.41) is 13.9. The van der Waals surface area contributed by atoms with Gasteiger partial charge in [-0.15, -0.1) is 0 Å². The Morgan fingerprint density at radius 1 is 1.33 bits per heavy atom. The van der Waals surface area contributed by atoms with Crippen LogP contribution in [0.3, 0.4) is 0 Å². The topological polar surface area (TPSA) is 106 Å². The number of hydrogen-bond donors (Lipinski definition) is 1. The predicted molar refractivity (Wildman–Crippen MR) is 71.0 cm³/mol. The van der Waals surface area contributed by atoms with E-state index in [2.05, 4.69) is 10.0 Å². The third kappa shape index (κ3) is 2.62. The van der Waals surface area contributed by atoms with Gasteiger partial charge in [0.05, 0.1) is 13.7 Å². The summed E-state index contributed by atoms with van der Waals surface area (Å²) in [6.07, 6.45) is -2.75. The second-order valence-electron chi connectivity index (χ2n) is 4.82. The molecule has 0 spiro atoms. The van der Waals surface area contributed by atoms with E-state index in [0.29, 0.717) is 18.1 Å². The molecule has 2 aliphatic heterocycles. The highest BCUT2D eigenvalue weighted by Gasteiger charge is 2.51. The molecule has 2 fully saturated rings. The minimum atomic E-state index is -0.991. The Labute approximate surface area is 120 Å². The SMILES string of the molecule is COc1ccc(O[C@H]2[C@H](O)[C@@H](N=[N+]=[N-])[C@@H]3OC[C@H]2O3)cc1. The van der Waals surface area contributed by atoms with Crippen LogP contribution in [-0.2, 0) is 9.47 Å². The van der Waals surface area contributed by atoms with E-state index in [0.717, 1.165) is 0 Å². The van der Waals surface area contributed by atoms with Gasteiger partial charge < -0.3 is 24.1 Å². The van der Waals surface area contributed by atoms with Gasteiger partial charge in [-0.3, -0.25) is 0 Å². The summed E-state index contributed by atoms with van der Waals surface area (Å²) in [4.78, 5) is 2.72. The maximum atomic E-state index is 10.3. The molecule has 0 aliphatic carbocycles. The molecule has 0 saturated carbocycles. The van der Waals surface area contributed by atoms with Crippen molar-refractivity contribution >= 4 is 0 Å². The lowest BCUT2D eigenvalue weighted by molar-refractivity contribution is -0.170. The molecule has 1 aromatic rings. The standard InChI is InChI=1S/C13H15N3O5/c1-18-7-2-4-8(5-3-7)20-12-9-6-19-13(21-9)10(11(12)17)15-16-14/h2-5,9-13,17H,6H2,1H3/t9-,10-,11-,12-,13-/m1/s1.